The molecule has 7 heteroatoms. The van der Waals surface area contributed by atoms with Crippen LogP contribution in [0.5, 0.6) is 0 Å². The average molecular weight is 391 g/mol. The molecular formula is C21H15ClN4O2. The zero-order valence-electron chi connectivity index (χ0n) is 14.9. The summed E-state index contributed by atoms with van der Waals surface area (Å²) in [7, 11) is 0. The Labute approximate surface area is 166 Å². The van der Waals surface area contributed by atoms with Crippen molar-refractivity contribution in [3.05, 3.63) is 88.2 Å². The first-order valence-corrected chi connectivity index (χ1v) is 8.70. The number of carbonyl (C=O) groups is 2. The molecule has 28 heavy (non-hydrogen) atoms. The fraction of sp³-hybridized carbons (Fsp3) is 0.0476. The lowest BCUT2D eigenvalue weighted by molar-refractivity contribution is 0.102. The van der Waals surface area contributed by atoms with Crippen LogP contribution in [-0.4, -0.2) is 16.8 Å². The van der Waals surface area contributed by atoms with Gasteiger partial charge in [-0.15, -0.1) is 0 Å². The van der Waals surface area contributed by atoms with E-state index in [1.807, 2.05) is 13.0 Å². The lowest BCUT2D eigenvalue weighted by Crippen LogP contribution is -2.17. The Balaban J connectivity index is 1.78. The van der Waals surface area contributed by atoms with E-state index < -0.39 is 11.8 Å². The van der Waals surface area contributed by atoms with Crippen LogP contribution >= 0.6 is 11.6 Å². The Kier molecular flexibility index (Phi) is 5.68. The third kappa shape index (κ3) is 4.34. The number of nitriles is 1. The number of para-hydroxylation sites is 1. The van der Waals surface area contributed by atoms with E-state index in [4.69, 9.17) is 16.9 Å². The van der Waals surface area contributed by atoms with Crippen LogP contribution in [-0.2, 0) is 0 Å². The van der Waals surface area contributed by atoms with E-state index in [2.05, 4.69) is 15.6 Å². The molecule has 138 valence electrons. The number of rotatable bonds is 4. The van der Waals surface area contributed by atoms with Gasteiger partial charge >= 0.3 is 0 Å². The number of benzene rings is 2. The summed E-state index contributed by atoms with van der Waals surface area (Å²) in [6.07, 6.45) is 1.38. The largest absolute Gasteiger partial charge is 0.321 e. The molecule has 0 atom stereocenters. The minimum Gasteiger partial charge on any atom is -0.321 e. The van der Waals surface area contributed by atoms with Crippen molar-refractivity contribution in [1.82, 2.24) is 4.98 Å². The summed E-state index contributed by atoms with van der Waals surface area (Å²) < 4.78 is 0. The lowest BCUT2D eigenvalue weighted by Gasteiger charge is -2.10. The number of hydrogen-bond donors (Lipinski definition) is 2. The molecular weight excluding hydrogens is 376 g/mol. The minimum atomic E-state index is -0.447. The molecule has 1 heterocycles. The number of anilines is 2. The van der Waals surface area contributed by atoms with E-state index in [-0.39, 0.29) is 11.3 Å². The van der Waals surface area contributed by atoms with Crippen molar-refractivity contribution < 1.29 is 9.59 Å². The maximum Gasteiger partial charge on any atom is 0.274 e. The molecule has 3 aromatic rings. The first kappa shape index (κ1) is 19.1. The normalized spacial score (nSPS) is 10.0. The van der Waals surface area contributed by atoms with Gasteiger partial charge in [0.15, 0.2) is 0 Å². The van der Waals surface area contributed by atoms with Crippen molar-refractivity contribution in [2.75, 3.05) is 10.6 Å². The highest BCUT2D eigenvalue weighted by molar-refractivity contribution is 6.30. The molecule has 3 rings (SSSR count). The van der Waals surface area contributed by atoms with Crippen molar-refractivity contribution >= 4 is 34.8 Å². The van der Waals surface area contributed by atoms with Gasteiger partial charge in [0.1, 0.15) is 11.8 Å². The van der Waals surface area contributed by atoms with Gasteiger partial charge in [0.05, 0.1) is 11.3 Å². The summed E-state index contributed by atoms with van der Waals surface area (Å²) in [6, 6.07) is 16.7. The molecule has 0 saturated carbocycles. The van der Waals surface area contributed by atoms with Gasteiger partial charge in [0, 0.05) is 22.5 Å². The van der Waals surface area contributed by atoms with Crippen LogP contribution in [0.1, 0.15) is 32.0 Å². The number of hydrogen-bond acceptors (Lipinski definition) is 4. The highest BCUT2D eigenvalue weighted by Crippen LogP contribution is 2.20. The van der Waals surface area contributed by atoms with Gasteiger partial charge in [0.2, 0.25) is 0 Å². The van der Waals surface area contributed by atoms with Crippen LogP contribution < -0.4 is 10.6 Å². The third-order valence-corrected chi connectivity index (χ3v) is 4.22. The molecule has 0 spiro atoms. The third-order valence-electron chi connectivity index (χ3n) is 3.99. The number of halogens is 1. The summed E-state index contributed by atoms with van der Waals surface area (Å²) in [6.45, 7) is 1.82. The van der Waals surface area contributed by atoms with Crippen LogP contribution in [0, 0.1) is 18.3 Å². The van der Waals surface area contributed by atoms with Crippen molar-refractivity contribution in [3.63, 3.8) is 0 Å². The molecule has 0 aliphatic rings. The molecule has 6 nitrogen and oxygen atoms in total. The highest BCUT2D eigenvalue weighted by Gasteiger charge is 2.14. The molecule has 0 radical (unpaired) electrons. The zero-order chi connectivity index (χ0) is 20.1. The van der Waals surface area contributed by atoms with Gasteiger partial charge in [0.25, 0.3) is 11.8 Å². The van der Waals surface area contributed by atoms with Gasteiger partial charge in [-0.2, -0.15) is 5.26 Å². The quantitative estimate of drug-likeness (QED) is 0.689. The van der Waals surface area contributed by atoms with Crippen LogP contribution in [0.2, 0.25) is 5.02 Å². The Hall–Kier alpha value is -3.69. The van der Waals surface area contributed by atoms with Crippen molar-refractivity contribution in [2.24, 2.45) is 0 Å². The van der Waals surface area contributed by atoms with Crippen LogP contribution in [0.25, 0.3) is 0 Å². The van der Waals surface area contributed by atoms with E-state index >= 15 is 0 Å². The standard InChI is InChI=1S/C21H15ClN4O2/c1-13-10-16(22)6-7-17(13)25-21(28)19-11-14(8-9-24-19)20(27)26-18-5-3-2-4-15(18)12-23/h2-11H,1H3,(H,25,28)(H,26,27). The van der Waals surface area contributed by atoms with Gasteiger partial charge in [-0.1, -0.05) is 23.7 Å². The van der Waals surface area contributed by atoms with Gasteiger partial charge in [-0.05, 0) is 55.0 Å². The van der Waals surface area contributed by atoms with Crippen molar-refractivity contribution in [1.29, 1.82) is 5.26 Å². The van der Waals surface area contributed by atoms with Crippen LogP contribution in [0.3, 0.4) is 0 Å². The first-order chi connectivity index (χ1) is 13.5. The summed E-state index contributed by atoms with van der Waals surface area (Å²) in [5.74, 6) is -0.890. The predicted octanol–water partition coefficient (Wildman–Crippen LogP) is 4.42. The monoisotopic (exact) mass is 390 g/mol. The second kappa shape index (κ2) is 8.33. The van der Waals surface area contributed by atoms with E-state index in [9.17, 15) is 9.59 Å². The molecule has 0 saturated heterocycles. The van der Waals surface area contributed by atoms with Gasteiger partial charge in [-0.3, -0.25) is 14.6 Å². The molecule has 0 aliphatic carbocycles. The minimum absolute atomic E-state index is 0.0931. The lowest BCUT2D eigenvalue weighted by atomic mass is 10.1. The van der Waals surface area contributed by atoms with Gasteiger partial charge in [-0.25, -0.2) is 0 Å². The highest BCUT2D eigenvalue weighted by atomic mass is 35.5. The molecule has 1 aromatic heterocycles. The van der Waals surface area contributed by atoms with Crippen LogP contribution in [0.4, 0.5) is 11.4 Å². The molecule has 0 unspecified atom stereocenters. The smallest absolute Gasteiger partial charge is 0.274 e. The molecule has 2 N–H and O–H groups in total. The van der Waals surface area contributed by atoms with Crippen molar-refractivity contribution in [2.45, 2.75) is 6.92 Å². The molecule has 0 bridgehead atoms. The van der Waals surface area contributed by atoms with E-state index in [1.54, 1.807) is 42.5 Å². The maximum absolute atomic E-state index is 12.5. The first-order valence-electron chi connectivity index (χ1n) is 8.32. The Bertz CT molecular complexity index is 1110. The second-order valence-corrected chi connectivity index (χ2v) is 6.39. The summed E-state index contributed by atoms with van der Waals surface area (Å²) in [5, 5.41) is 15.1. The van der Waals surface area contributed by atoms with E-state index in [1.165, 1.54) is 18.3 Å². The van der Waals surface area contributed by atoms with E-state index in [0.29, 0.717) is 22.0 Å². The summed E-state index contributed by atoms with van der Waals surface area (Å²) >= 11 is 5.92. The number of pyridine rings is 1. The summed E-state index contributed by atoms with van der Waals surface area (Å²) in [4.78, 5) is 29.1. The van der Waals surface area contributed by atoms with Crippen LogP contribution in [0.15, 0.2) is 60.8 Å². The van der Waals surface area contributed by atoms with Gasteiger partial charge < -0.3 is 10.6 Å². The number of nitrogens with zero attached hydrogens (tertiary/aromatic N) is 2. The fourth-order valence-electron chi connectivity index (χ4n) is 2.53. The molecule has 2 aromatic carbocycles. The number of aromatic nitrogens is 1. The maximum atomic E-state index is 12.5. The number of amides is 2. The Morgan fingerprint density at radius 2 is 1.75 bits per heavy atom. The second-order valence-electron chi connectivity index (χ2n) is 5.95. The fourth-order valence-corrected chi connectivity index (χ4v) is 2.76. The predicted molar refractivity (Wildman–Crippen MR) is 107 cm³/mol. The van der Waals surface area contributed by atoms with E-state index in [0.717, 1.165) is 5.56 Å². The molecule has 2 amide bonds. The SMILES string of the molecule is Cc1cc(Cl)ccc1NC(=O)c1cc(C(=O)Nc2ccccc2C#N)ccn1. The summed E-state index contributed by atoms with van der Waals surface area (Å²) in [5.41, 5.74) is 2.50. The zero-order valence-corrected chi connectivity index (χ0v) is 15.6. The number of nitrogens with one attached hydrogen (secondary N) is 2. The number of carbonyl (C=O) groups excluding carboxylic acids is 2. The van der Waals surface area contributed by atoms with Crippen molar-refractivity contribution in [3.8, 4) is 6.07 Å². The Morgan fingerprint density at radius 3 is 2.50 bits per heavy atom. The molecule has 0 fully saturated rings. The number of aryl methyl sites for hydroxylation is 1. The Morgan fingerprint density at radius 1 is 1.00 bits per heavy atom. The average Bonchev–Trinajstić information content (AvgIpc) is 2.70. The topological polar surface area (TPSA) is 94.9 Å². The molecule has 0 aliphatic heterocycles.